The van der Waals surface area contributed by atoms with Crippen LogP contribution in [0.15, 0.2) is 0 Å². The molecule has 0 saturated carbocycles. The van der Waals surface area contributed by atoms with E-state index in [2.05, 4.69) is 0 Å². The first-order valence-electron chi connectivity index (χ1n) is 3.82. The quantitative estimate of drug-likeness (QED) is 0.456. The van der Waals surface area contributed by atoms with Gasteiger partial charge < -0.3 is 20.1 Å². The van der Waals surface area contributed by atoms with Gasteiger partial charge in [0.2, 0.25) is 0 Å². The Morgan fingerprint density at radius 1 is 1.27 bits per heavy atom. The van der Waals surface area contributed by atoms with Gasteiger partial charge in [-0.1, -0.05) is 6.92 Å². The standard InChI is InChI=1S/C7H14O4/c1-2-5-7(10)6(9)4(8)3-11-5/h4-10H,2-3H2,1H3/t4-,5?,6+,7+/m1/s1. The third kappa shape index (κ3) is 1.70. The second-order valence-electron chi connectivity index (χ2n) is 2.83. The molecular formula is C7H14O4. The number of hydrogen-bond donors (Lipinski definition) is 3. The summed E-state index contributed by atoms with van der Waals surface area (Å²) in [7, 11) is 0. The lowest BCUT2D eigenvalue weighted by Gasteiger charge is -2.34. The summed E-state index contributed by atoms with van der Waals surface area (Å²) in [6, 6.07) is 0. The van der Waals surface area contributed by atoms with Crippen LogP contribution in [0.1, 0.15) is 13.3 Å². The Balaban J connectivity index is 2.52. The molecule has 4 nitrogen and oxygen atoms in total. The fraction of sp³-hybridized carbons (Fsp3) is 1.00. The predicted molar refractivity (Wildman–Crippen MR) is 38.1 cm³/mol. The van der Waals surface area contributed by atoms with Crippen LogP contribution in [0, 0.1) is 0 Å². The monoisotopic (exact) mass is 162 g/mol. The Morgan fingerprint density at radius 2 is 1.91 bits per heavy atom. The molecule has 0 amide bonds. The van der Waals surface area contributed by atoms with Crippen LogP contribution in [0.5, 0.6) is 0 Å². The molecule has 1 rings (SSSR count). The van der Waals surface area contributed by atoms with E-state index in [9.17, 15) is 5.11 Å². The normalized spacial score (nSPS) is 45.8. The molecule has 1 heterocycles. The summed E-state index contributed by atoms with van der Waals surface area (Å²) in [4.78, 5) is 0. The van der Waals surface area contributed by atoms with E-state index in [1.807, 2.05) is 6.92 Å². The highest BCUT2D eigenvalue weighted by Gasteiger charge is 2.36. The lowest BCUT2D eigenvalue weighted by Crippen LogP contribution is -2.52. The highest BCUT2D eigenvalue weighted by atomic mass is 16.5. The molecule has 11 heavy (non-hydrogen) atoms. The Bertz CT molecular complexity index is 126. The molecule has 1 aliphatic heterocycles. The molecule has 0 aliphatic carbocycles. The summed E-state index contributed by atoms with van der Waals surface area (Å²) in [5.41, 5.74) is 0. The molecule has 3 N–H and O–H groups in total. The minimum absolute atomic E-state index is 0.108. The molecule has 4 heteroatoms. The molecule has 1 saturated heterocycles. The lowest BCUT2D eigenvalue weighted by atomic mass is 9.99. The smallest absolute Gasteiger partial charge is 0.111 e. The fourth-order valence-corrected chi connectivity index (χ4v) is 1.23. The van der Waals surface area contributed by atoms with Crippen LogP contribution in [0.3, 0.4) is 0 Å². The van der Waals surface area contributed by atoms with Crippen molar-refractivity contribution in [2.45, 2.75) is 37.8 Å². The molecule has 1 aliphatic rings. The van der Waals surface area contributed by atoms with Crippen LogP contribution in [0.2, 0.25) is 0 Å². The molecule has 1 fully saturated rings. The van der Waals surface area contributed by atoms with E-state index >= 15 is 0 Å². The molecule has 0 aromatic carbocycles. The highest BCUT2D eigenvalue weighted by Crippen LogP contribution is 2.17. The van der Waals surface area contributed by atoms with E-state index in [4.69, 9.17) is 14.9 Å². The van der Waals surface area contributed by atoms with Gasteiger partial charge >= 0.3 is 0 Å². The summed E-state index contributed by atoms with van der Waals surface area (Å²) in [5, 5.41) is 27.5. The maximum Gasteiger partial charge on any atom is 0.111 e. The van der Waals surface area contributed by atoms with Crippen LogP contribution in [0.25, 0.3) is 0 Å². The van der Waals surface area contributed by atoms with Crippen molar-refractivity contribution in [2.24, 2.45) is 0 Å². The molecule has 0 spiro atoms. The third-order valence-corrected chi connectivity index (χ3v) is 2.01. The van der Waals surface area contributed by atoms with Crippen molar-refractivity contribution >= 4 is 0 Å². The number of ether oxygens (including phenoxy) is 1. The average molecular weight is 162 g/mol. The minimum atomic E-state index is -1.06. The van der Waals surface area contributed by atoms with Gasteiger partial charge in [-0.15, -0.1) is 0 Å². The molecular weight excluding hydrogens is 148 g/mol. The highest BCUT2D eigenvalue weighted by molar-refractivity contribution is 4.85. The fourth-order valence-electron chi connectivity index (χ4n) is 1.23. The second-order valence-corrected chi connectivity index (χ2v) is 2.83. The molecule has 66 valence electrons. The van der Waals surface area contributed by atoms with Crippen molar-refractivity contribution in [3.05, 3.63) is 0 Å². The van der Waals surface area contributed by atoms with E-state index in [0.29, 0.717) is 6.42 Å². The van der Waals surface area contributed by atoms with Gasteiger partial charge in [-0.05, 0) is 6.42 Å². The van der Waals surface area contributed by atoms with E-state index in [1.165, 1.54) is 0 Å². The van der Waals surface area contributed by atoms with Gasteiger partial charge in [-0.2, -0.15) is 0 Å². The number of hydrogen-bond acceptors (Lipinski definition) is 4. The van der Waals surface area contributed by atoms with Crippen molar-refractivity contribution in [3.8, 4) is 0 Å². The van der Waals surface area contributed by atoms with Crippen molar-refractivity contribution in [3.63, 3.8) is 0 Å². The maximum atomic E-state index is 9.27. The SMILES string of the molecule is CCC1OC[C@@H](O)[C@H](O)[C@H]1O. The first-order chi connectivity index (χ1) is 5.16. The number of rotatable bonds is 1. The van der Waals surface area contributed by atoms with Crippen molar-refractivity contribution in [2.75, 3.05) is 6.61 Å². The summed E-state index contributed by atoms with van der Waals surface area (Å²) in [6.45, 7) is 1.97. The summed E-state index contributed by atoms with van der Waals surface area (Å²) in [6.07, 6.45) is -2.66. The minimum Gasteiger partial charge on any atom is -0.388 e. The molecule has 4 atom stereocenters. The summed E-state index contributed by atoms with van der Waals surface area (Å²) >= 11 is 0. The molecule has 1 unspecified atom stereocenters. The molecule has 0 aromatic rings. The van der Waals surface area contributed by atoms with Crippen LogP contribution >= 0.6 is 0 Å². The molecule has 0 bridgehead atoms. The summed E-state index contributed by atoms with van der Waals surface area (Å²) in [5.74, 6) is 0. The van der Waals surface area contributed by atoms with Crippen molar-refractivity contribution in [1.82, 2.24) is 0 Å². The largest absolute Gasteiger partial charge is 0.388 e. The van der Waals surface area contributed by atoms with Gasteiger partial charge in [0.05, 0.1) is 12.7 Å². The Hall–Kier alpha value is -0.160. The van der Waals surface area contributed by atoms with E-state index in [-0.39, 0.29) is 12.7 Å². The van der Waals surface area contributed by atoms with Crippen molar-refractivity contribution in [1.29, 1.82) is 0 Å². The van der Waals surface area contributed by atoms with E-state index in [0.717, 1.165) is 0 Å². The van der Waals surface area contributed by atoms with Crippen molar-refractivity contribution < 1.29 is 20.1 Å². The van der Waals surface area contributed by atoms with Crippen LogP contribution in [-0.4, -0.2) is 46.3 Å². The third-order valence-electron chi connectivity index (χ3n) is 2.01. The average Bonchev–Trinajstić information content (AvgIpc) is 2.01. The Morgan fingerprint density at radius 3 is 2.45 bits per heavy atom. The zero-order valence-electron chi connectivity index (χ0n) is 6.47. The second kappa shape index (κ2) is 3.49. The molecule has 0 aromatic heterocycles. The van der Waals surface area contributed by atoms with Gasteiger partial charge in [-0.3, -0.25) is 0 Å². The van der Waals surface area contributed by atoms with Crippen LogP contribution in [0.4, 0.5) is 0 Å². The van der Waals surface area contributed by atoms with Gasteiger partial charge in [0.15, 0.2) is 0 Å². The summed E-state index contributed by atoms with van der Waals surface area (Å²) < 4.78 is 5.06. The Kier molecular flexibility index (Phi) is 2.84. The molecule has 0 radical (unpaired) electrons. The van der Waals surface area contributed by atoms with E-state index < -0.39 is 18.3 Å². The predicted octanol–water partition coefficient (Wildman–Crippen LogP) is -1.12. The maximum absolute atomic E-state index is 9.27. The van der Waals surface area contributed by atoms with Gasteiger partial charge in [0.1, 0.15) is 18.3 Å². The van der Waals surface area contributed by atoms with Gasteiger partial charge in [0.25, 0.3) is 0 Å². The zero-order valence-corrected chi connectivity index (χ0v) is 6.47. The number of aliphatic hydroxyl groups excluding tert-OH is 3. The first-order valence-corrected chi connectivity index (χ1v) is 3.82. The van der Waals surface area contributed by atoms with Gasteiger partial charge in [-0.25, -0.2) is 0 Å². The zero-order chi connectivity index (χ0) is 8.43. The van der Waals surface area contributed by atoms with Crippen LogP contribution < -0.4 is 0 Å². The lowest BCUT2D eigenvalue weighted by molar-refractivity contribution is -0.187. The topological polar surface area (TPSA) is 69.9 Å². The first kappa shape index (κ1) is 8.93. The van der Waals surface area contributed by atoms with E-state index in [1.54, 1.807) is 0 Å². The van der Waals surface area contributed by atoms with Crippen LogP contribution in [-0.2, 0) is 4.74 Å². The van der Waals surface area contributed by atoms with Gasteiger partial charge in [0, 0.05) is 0 Å². The Labute approximate surface area is 65.4 Å². The number of aliphatic hydroxyl groups is 3.